The lowest BCUT2D eigenvalue weighted by atomic mass is 9.70. The number of nitrogens with one attached hydrogen (secondary N) is 1. The molecule has 0 unspecified atom stereocenters. The highest BCUT2D eigenvalue weighted by Crippen LogP contribution is 2.38. The molecular formula is C11H19NO. The lowest BCUT2D eigenvalue weighted by Crippen LogP contribution is -2.54. The largest absolute Gasteiger partial charge is 0.353 e. The Morgan fingerprint density at radius 3 is 2.77 bits per heavy atom. The van der Waals surface area contributed by atoms with Gasteiger partial charge in [-0.1, -0.05) is 26.7 Å². The first kappa shape index (κ1) is 9.04. The van der Waals surface area contributed by atoms with Crippen molar-refractivity contribution in [1.29, 1.82) is 0 Å². The number of amides is 1. The molecule has 1 saturated carbocycles. The number of carbonyl (C=O) groups is 1. The third-order valence-electron chi connectivity index (χ3n) is 3.61. The third-order valence-corrected chi connectivity index (χ3v) is 3.61. The molecule has 1 aliphatic heterocycles. The van der Waals surface area contributed by atoms with Gasteiger partial charge in [-0.3, -0.25) is 4.79 Å². The molecule has 1 amide bonds. The number of carbonyl (C=O) groups excluding carboxylic acids is 1. The Morgan fingerprint density at radius 2 is 2.00 bits per heavy atom. The predicted octanol–water partition coefficient (Wildman–Crippen LogP) is 2.09. The first-order valence-electron chi connectivity index (χ1n) is 5.40. The van der Waals surface area contributed by atoms with Crippen molar-refractivity contribution in [2.75, 3.05) is 0 Å². The van der Waals surface area contributed by atoms with E-state index in [0.717, 1.165) is 12.3 Å². The molecule has 0 spiro atoms. The van der Waals surface area contributed by atoms with Crippen LogP contribution in [0.25, 0.3) is 0 Å². The highest BCUT2D eigenvalue weighted by Gasteiger charge is 2.41. The van der Waals surface area contributed by atoms with E-state index in [0.29, 0.717) is 6.04 Å². The number of rotatable bonds is 0. The molecule has 1 N–H and O–H groups in total. The summed E-state index contributed by atoms with van der Waals surface area (Å²) in [4.78, 5) is 11.7. The summed E-state index contributed by atoms with van der Waals surface area (Å²) in [7, 11) is 0. The van der Waals surface area contributed by atoms with E-state index in [1.807, 2.05) is 0 Å². The molecular weight excluding hydrogens is 162 g/mol. The summed E-state index contributed by atoms with van der Waals surface area (Å²) in [5.41, 5.74) is -0.126. The maximum absolute atomic E-state index is 11.7. The fourth-order valence-electron chi connectivity index (χ4n) is 2.75. The van der Waals surface area contributed by atoms with Crippen LogP contribution in [-0.4, -0.2) is 11.9 Å². The van der Waals surface area contributed by atoms with Crippen LogP contribution < -0.4 is 5.32 Å². The van der Waals surface area contributed by atoms with Crippen molar-refractivity contribution in [1.82, 2.24) is 5.32 Å². The summed E-state index contributed by atoms with van der Waals surface area (Å²) in [6, 6.07) is 0.495. The Kier molecular flexibility index (Phi) is 2.09. The predicted molar refractivity (Wildman–Crippen MR) is 52.3 cm³/mol. The van der Waals surface area contributed by atoms with Crippen LogP contribution in [0.4, 0.5) is 0 Å². The fourth-order valence-corrected chi connectivity index (χ4v) is 2.75. The minimum Gasteiger partial charge on any atom is -0.353 e. The van der Waals surface area contributed by atoms with Crippen LogP contribution in [-0.2, 0) is 4.79 Å². The van der Waals surface area contributed by atoms with E-state index in [9.17, 15) is 4.79 Å². The van der Waals surface area contributed by atoms with E-state index in [-0.39, 0.29) is 11.3 Å². The van der Waals surface area contributed by atoms with E-state index in [2.05, 4.69) is 19.2 Å². The Morgan fingerprint density at radius 1 is 1.31 bits per heavy atom. The summed E-state index contributed by atoms with van der Waals surface area (Å²) < 4.78 is 0. The minimum absolute atomic E-state index is 0.126. The molecule has 2 aliphatic rings. The number of hydrogen-bond acceptors (Lipinski definition) is 1. The molecule has 74 valence electrons. The molecule has 0 aromatic rings. The van der Waals surface area contributed by atoms with Gasteiger partial charge in [-0.2, -0.15) is 0 Å². The lowest BCUT2D eigenvalue weighted by molar-refractivity contribution is -0.135. The van der Waals surface area contributed by atoms with Crippen LogP contribution in [0.3, 0.4) is 0 Å². The molecule has 2 atom stereocenters. The van der Waals surface area contributed by atoms with Gasteiger partial charge in [-0.15, -0.1) is 0 Å². The second-order valence-electron chi connectivity index (χ2n) is 5.21. The summed E-state index contributed by atoms with van der Waals surface area (Å²) in [6.07, 6.45) is 6.25. The Labute approximate surface area is 80.1 Å². The SMILES string of the molecule is CC1(C)C[C@@H]2CCCC[C@H]2NC1=O. The van der Waals surface area contributed by atoms with Crippen LogP contribution in [0, 0.1) is 11.3 Å². The molecule has 0 radical (unpaired) electrons. The van der Waals surface area contributed by atoms with Gasteiger partial charge in [0.25, 0.3) is 0 Å². The highest BCUT2D eigenvalue weighted by molar-refractivity contribution is 5.83. The number of fused-ring (bicyclic) bond motifs is 1. The topological polar surface area (TPSA) is 29.1 Å². The molecule has 1 heterocycles. The Bertz CT molecular complexity index is 222. The minimum atomic E-state index is -0.126. The quantitative estimate of drug-likeness (QED) is 0.609. The summed E-state index contributed by atoms with van der Waals surface area (Å²) in [5, 5.41) is 3.17. The van der Waals surface area contributed by atoms with Gasteiger partial charge in [0.2, 0.25) is 5.91 Å². The van der Waals surface area contributed by atoms with Gasteiger partial charge in [0.15, 0.2) is 0 Å². The van der Waals surface area contributed by atoms with E-state index in [1.165, 1.54) is 25.7 Å². The van der Waals surface area contributed by atoms with Gasteiger partial charge in [-0.05, 0) is 25.2 Å². The van der Waals surface area contributed by atoms with Crippen molar-refractivity contribution in [2.24, 2.45) is 11.3 Å². The molecule has 0 bridgehead atoms. The van der Waals surface area contributed by atoms with Crippen molar-refractivity contribution in [3.8, 4) is 0 Å². The third kappa shape index (κ3) is 1.59. The van der Waals surface area contributed by atoms with Crippen LogP contribution in [0.2, 0.25) is 0 Å². The average Bonchev–Trinajstić information content (AvgIpc) is 2.06. The van der Waals surface area contributed by atoms with Gasteiger partial charge < -0.3 is 5.32 Å². The average molecular weight is 181 g/mol. The van der Waals surface area contributed by atoms with Gasteiger partial charge >= 0.3 is 0 Å². The first-order valence-corrected chi connectivity index (χ1v) is 5.40. The Balaban J connectivity index is 2.10. The zero-order chi connectivity index (χ0) is 9.47. The van der Waals surface area contributed by atoms with Gasteiger partial charge in [0, 0.05) is 11.5 Å². The smallest absolute Gasteiger partial charge is 0.225 e. The summed E-state index contributed by atoms with van der Waals surface area (Å²) in [6.45, 7) is 4.13. The maximum Gasteiger partial charge on any atom is 0.225 e. The number of hydrogen-bond donors (Lipinski definition) is 1. The van der Waals surface area contributed by atoms with Crippen molar-refractivity contribution >= 4 is 5.91 Å². The molecule has 2 nitrogen and oxygen atoms in total. The van der Waals surface area contributed by atoms with Crippen LogP contribution >= 0.6 is 0 Å². The molecule has 1 saturated heterocycles. The molecule has 2 heteroatoms. The van der Waals surface area contributed by atoms with E-state index in [1.54, 1.807) is 0 Å². The lowest BCUT2D eigenvalue weighted by Gasteiger charge is -2.43. The first-order chi connectivity index (χ1) is 6.09. The normalized spacial score (nSPS) is 37.8. The maximum atomic E-state index is 11.7. The standard InChI is InChI=1S/C11H19NO/c1-11(2)7-8-5-3-4-6-9(8)12-10(11)13/h8-9H,3-7H2,1-2H3,(H,12,13)/t8-,9+/m0/s1. The van der Waals surface area contributed by atoms with Crippen LogP contribution in [0.5, 0.6) is 0 Å². The molecule has 0 aromatic carbocycles. The Hall–Kier alpha value is -0.530. The molecule has 1 aliphatic carbocycles. The van der Waals surface area contributed by atoms with E-state index < -0.39 is 0 Å². The second-order valence-corrected chi connectivity index (χ2v) is 5.21. The highest BCUT2D eigenvalue weighted by atomic mass is 16.2. The summed E-state index contributed by atoms with van der Waals surface area (Å²) >= 11 is 0. The molecule has 0 aromatic heterocycles. The van der Waals surface area contributed by atoms with Crippen molar-refractivity contribution < 1.29 is 4.79 Å². The molecule has 13 heavy (non-hydrogen) atoms. The van der Waals surface area contributed by atoms with E-state index >= 15 is 0 Å². The molecule has 2 fully saturated rings. The van der Waals surface area contributed by atoms with Crippen molar-refractivity contribution in [3.05, 3.63) is 0 Å². The van der Waals surface area contributed by atoms with Gasteiger partial charge in [0.1, 0.15) is 0 Å². The van der Waals surface area contributed by atoms with Crippen LogP contribution in [0.1, 0.15) is 46.0 Å². The molecule has 2 rings (SSSR count). The van der Waals surface area contributed by atoms with E-state index in [4.69, 9.17) is 0 Å². The summed E-state index contributed by atoms with van der Waals surface area (Å²) in [5.74, 6) is 1.01. The number of piperidine rings is 1. The van der Waals surface area contributed by atoms with Crippen molar-refractivity contribution in [3.63, 3.8) is 0 Å². The zero-order valence-corrected chi connectivity index (χ0v) is 8.60. The van der Waals surface area contributed by atoms with Gasteiger partial charge in [-0.25, -0.2) is 0 Å². The van der Waals surface area contributed by atoms with Crippen LogP contribution in [0.15, 0.2) is 0 Å². The second kappa shape index (κ2) is 3.00. The monoisotopic (exact) mass is 181 g/mol. The van der Waals surface area contributed by atoms with Gasteiger partial charge in [0.05, 0.1) is 0 Å². The zero-order valence-electron chi connectivity index (χ0n) is 8.60. The van der Waals surface area contributed by atoms with Crippen molar-refractivity contribution in [2.45, 2.75) is 52.0 Å². The fraction of sp³-hybridized carbons (Fsp3) is 0.909.